The third kappa shape index (κ3) is 11.1. The van der Waals surface area contributed by atoms with Crippen molar-refractivity contribution in [3.05, 3.63) is 120 Å². The predicted molar refractivity (Wildman–Crippen MR) is 224 cm³/mol. The van der Waals surface area contributed by atoms with E-state index in [1.54, 1.807) is 0 Å². The molecule has 0 nitrogen and oxygen atoms in total. The van der Waals surface area contributed by atoms with E-state index in [9.17, 15) is 0 Å². The minimum absolute atomic E-state index is 0.578. The van der Waals surface area contributed by atoms with Crippen LogP contribution in [0.4, 0.5) is 0 Å². The molecule has 2 radical (unpaired) electrons. The van der Waals surface area contributed by atoms with Crippen LogP contribution < -0.4 is 10.4 Å². The van der Waals surface area contributed by atoms with Gasteiger partial charge in [-0.15, -0.1) is 69.1 Å². The summed E-state index contributed by atoms with van der Waals surface area (Å²) in [5, 5.41) is 8.49. The van der Waals surface area contributed by atoms with E-state index in [0.717, 1.165) is 9.52 Å². The van der Waals surface area contributed by atoms with Crippen LogP contribution in [-0.2, 0) is 20.8 Å². The first-order valence-electron chi connectivity index (χ1n) is 16.8. The average Bonchev–Trinajstić information content (AvgIpc) is 3.65. The van der Waals surface area contributed by atoms with E-state index < -0.39 is 37.0 Å². The first kappa shape index (κ1) is 40.6. The summed E-state index contributed by atoms with van der Waals surface area (Å²) in [7, 11) is 8.52. The molecule has 250 valence electrons. The molecular formula is C42H52Cl2Si3Zr. The summed E-state index contributed by atoms with van der Waals surface area (Å²) in [6.45, 7) is 25.4. The zero-order valence-electron chi connectivity index (χ0n) is 30.7. The van der Waals surface area contributed by atoms with Gasteiger partial charge in [-0.25, -0.2) is 0 Å². The molecule has 0 saturated carbocycles. The molecule has 0 aliphatic rings. The summed E-state index contributed by atoms with van der Waals surface area (Å²) < 4.78 is 0. The third-order valence-corrected chi connectivity index (χ3v) is 12.6. The summed E-state index contributed by atoms with van der Waals surface area (Å²) in [6, 6.07) is 40.9. The summed E-state index contributed by atoms with van der Waals surface area (Å²) in [6.07, 6.45) is 0. The van der Waals surface area contributed by atoms with Gasteiger partial charge in [0.05, 0.1) is 16.1 Å². The second-order valence-electron chi connectivity index (χ2n) is 14.8. The van der Waals surface area contributed by atoms with Crippen molar-refractivity contribution in [2.45, 2.75) is 79.1 Å². The Balaban J connectivity index is 0.000000225. The maximum absolute atomic E-state index is 4.93. The summed E-state index contributed by atoms with van der Waals surface area (Å²) in [5.74, 6) is 0.578. The fourth-order valence-corrected chi connectivity index (χ4v) is 8.11. The van der Waals surface area contributed by atoms with E-state index in [1.807, 2.05) is 0 Å². The Morgan fingerprint density at radius 1 is 0.604 bits per heavy atom. The quantitative estimate of drug-likeness (QED) is 0.120. The zero-order chi connectivity index (χ0) is 35.6. The summed E-state index contributed by atoms with van der Waals surface area (Å²) >= 11 is -0.826. The molecule has 6 aromatic carbocycles. The number of hydrogen-bond acceptors (Lipinski definition) is 0. The van der Waals surface area contributed by atoms with Gasteiger partial charge in [0.1, 0.15) is 0 Å². The molecule has 6 heteroatoms. The van der Waals surface area contributed by atoms with Crippen molar-refractivity contribution in [3.63, 3.8) is 0 Å². The third-order valence-electron chi connectivity index (χ3n) is 8.46. The van der Waals surface area contributed by atoms with Gasteiger partial charge in [-0.05, 0) is 17.0 Å². The standard InChI is InChI=1S/C21H25Si.C19H21Si.C2H6Si.2ClH.Zr/c1-15(2)18-13-17-7-6-8-20(21(17)14-18)16-9-11-19(12-10-16)22(3,4)5;1-14-12-16-6-5-7-18(19(16)13-14)15-8-10-17(11-9-15)20(2,3)4;1-3-2;;;/h6-15H,1-5H3;5-13H,1-4H3;1-2H3;2*1H;/q2*-1;;;;+4/p-2. The minimum atomic E-state index is -1.22. The van der Waals surface area contributed by atoms with Crippen LogP contribution in [0.1, 0.15) is 30.9 Å². The maximum atomic E-state index is 4.93. The van der Waals surface area contributed by atoms with Gasteiger partial charge in [0.25, 0.3) is 0 Å². The number of rotatable bonds is 5. The molecule has 0 atom stereocenters. The molecule has 0 aliphatic heterocycles. The number of benzene rings is 4. The van der Waals surface area contributed by atoms with Gasteiger partial charge in [-0.2, -0.15) is 12.1 Å². The molecule has 0 unspecified atom stereocenters. The van der Waals surface area contributed by atoms with Gasteiger partial charge in [0.15, 0.2) is 0 Å². The molecule has 0 amide bonds. The molecule has 0 N–H and O–H groups in total. The van der Waals surface area contributed by atoms with E-state index >= 15 is 0 Å². The van der Waals surface area contributed by atoms with Crippen molar-refractivity contribution in [1.29, 1.82) is 0 Å². The van der Waals surface area contributed by atoms with Crippen LogP contribution in [0.2, 0.25) is 52.4 Å². The first-order valence-corrected chi connectivity index (χ1v) is 32.1. The number of hydrogen-bond donors (Lipinski definition) is 0. The Morgan fingerprint density at radius 3 is 1.35 bits per heavy atom. The van der Waals surface area contributed by atoms with Crippen LogP contribution in [0.25, 0.3) is 43.8 Å². The van der Waals surface area contributed by atoms with Gasteiger partial charge in [0, 0.05) is 9.52 Å². The first-order chi connectivity index (χ1) is 22.6. The van der Waals surface area contributed by atoms with Crippen LogP contribution in [0, 0.1) is 6.92 Å². The van der Waals surface area contributed by atoms with E-state index in [0.29, 0.717) is 5.92 Å². The molecule has 0 aromatic heterocycles. The molecular weight excluding hydrogens is 751 g/mol. The molecule has 0 saturated heterocycles. The molecule has 48 heavy (non-hydrogen) atoms. The van der Waals surface area contributed by atoms with E-state index in [2.05, 4.69) is 182 Å². The van der Waals surface area contributed by atoms with Gasteiger partial charge in [-0.1, -0.05) is 155 Å². The zero-order valence-corrected chi connectivity index (χ0v) is 37.7. The summed E-state index contributed by atoms with van der Waals surface area (Å²) in [4.78, 5) is 0. The second kappa shape index (κ2) is 18.5. The van der Waals surface area contributed by atoms with Gasteiger partial charge < -0.3 is 0 Å². The predicted octanol–water partition coefficient (Wildman–Crippen LogP) is 13.1. The van der Waals surface area contributed by atoms with Gasteiger partial charge in [0.2, 0.25) is 0 Å². The molecule has 0 heterocycles. The van der Waals surface area contributed by atoms with Crippen molar-refractivity contribution < 1.29 is 20.8 Å². The Hall–Kier alpha value is -1.79. The number of aryl methyl sites for hydroxylation is 1. The molecule has 0 spiro atoms. The fourth-order valence-electron chi connectivity index (χ4n) is 5.78. The Morgan fingerprint density at radius 2 is 0.979 bits per heavy atom. The Labute approximate surface area is 314 Å². The number of fused-ring (bicyclic) bond motifs is 2. The van der Waals surface area contributed by atoms with Crippen molar-refractivity contribution in [3.8, 4) is 22.3 Å². The SMILES string of the molecule is CC(C)c1cc2c(-c3ccc([Si](C)(C)C)cc3)cccc2[cH-]1.C[Si]C.Cc1cc2c(-c3ccc([Si](C)(C)C)cc3)cccc2[cH-]1.[Cl][Zr+2][Cl]. The van der Waals surface area contributed by atoms with Crippen LogP contribution in [-0.4, -0.2) is 25.7 Å². The fraction of sp³-hybridized carbons (Fsp3) is 0.286. The van der Waals surface area contributed by atoms with Crippen molar-refractivity contribution in [2.75, 3.05) is 0 Å². The van der Waals surface area contributed by atoms with E-state index in [4.69, 9.17) is 17.0 Å². The van der Waals surface area contributed by atoms with Crippen molar-refractivity contribution in [1.82, 2.24) is 0 Å². The Bertz CT molecular complexity index is 1850. The van der Waals surface area contributed by atoms with E-state index in [-0.39, 0.29) is 0 Å². The average molecular weight is 803 g/mol. The molecule has 0 fully saturated rings. The number of halogens is 2. The van der Waals surface area contributed by atoms with Gasteiger partial charge >= 0.3 is 37.9 Å². The molecule has 6 rings (SSSR count). The molecule has 0 aliphatic carbocycles. The van der Waals surface area contributed by atoms with E-state index in [1.165, 1.54) is 65.3 Å². The monoisotopic (exact) mass is 800 g/mol. The van der Waals surface area contributed by atoms with Gasteiger partial charge in [-0.3, -0.25) is 0 Å². The summed E-state index contributed by atoms with van der Waals surface area (Å²) in [5.41, 5.74) is 8.12. The van der Waals surface area contributed by atoms with Crippen LogP contribution >= 0.6 is 17.0 Å². The van der Waals surface area contributed by atoms with Crippen LogP contribution in [0.5, 0.6) is 0 Å². The molecule has 0 bridgehead atoms. The molecule has 6 aromatic rings. The normalized spacial score (nSPS) is 11.2. The van der Waals surface area contributed by atoms with Crippen molar-refractivity contribution in [2.24, 2.45) is 0 Å². The van der Waals surface area contributed by atoms with Crippen LogP contribution in [0.15, 0.2) is 109 Å². The topological polar surface area (TPSA) is 0 Å². The second-order valence-corrected chi connectivity index (χ2v) is 29.7. The van der Waals surface area contributed by atoms with Crippen LogP contribution in [0.3, 0.4) is 0 Å². The van der Waals surface area contributed by atoms with Crippen molar-refractivity contribution >= 4 is 74.6 Å². The Kier molecular flexibility index (Phi) is 15.6.